The monoisotopic (exact) mass is 541 g/mol. The largest absolute Gasteiger partial charge is 0.492 e. The summed E-state index contributed by atoms with van der Waals surface area (Å²) in [5, 5.41) is 5.51. The Balaban J connectivity index is 1.99. The van der Waals surface area contributed by atoms with Crippen molar-refractivity contribution < 1.29 is 22.7 Å². The van der Waals surface area contributed by atoms with Gasteiger partial charge in [0.1, 0.15) is 12.3 Å². The molecule has 0 aromatic heterocycles. The van der Waals surface area contributed by atoms with Crippen LogP contribution >= 0.6 is 11.8 Å². The van der Waals surface area contributed by atoms with Crippen molar-refractivity contribution in [2.75, 3.05) is 29.0 Å². The molecule has 0 atom stereocenters. The summed E-state index contributed by atoms with van der Waals surface area (Å²) in [6.45, 7) is 5.25. The number of carbonyl (C=O) groups excluding carboxylic acids is 2. The summed E-state index contributed by atoms with van der Waals surface area (Å²) in [6.07, 6.45) is 1.90. The number of para-hydroxylation sites is 3. The van der Waals surface area contributed by atoms with Gasteiger partial charge in [-0.2, -0.15) is 0 Å². The summed E-state index contributed by atoms with van der Waals surface area (Å²) in [6, 6.07) is 19.6. The van der Waals surface area contributed by atoms with Crippen LogP contribution in [0.1, 0.15) is 31.1 Å². The molecule has 0 saturated carbocycles. The van der Waals surface area contributed by atoms with E-state index in [-0.39, 0.29) is 33.8 Å². The van der Waals surface area contributed by atoms with E-state index in [9.17, 15) is 18.0 Å². The lowest BCUT2D eigenvalue weighted by Gasteiger charge is -2.26. The fourth-order valence-corrected chi connectivity index (χ4v) is 5.41. The first kappa shape index (κ1) is 28.1. The highest BCUT2D eigenvalue weighted by Gasteiger charge is 2.30. The van der Waals surface area contributed by atoms with Gasteiger partial charge in [-0.15, -0.1) is 11.8 Å². The average Bonchev–Trinajstić information content (AvgIpc) is 2.88. The van der Waals surface area contributed by atoms with Crippen molar-refractivity contribution in [3.05, 3.63) is 78.4 Å². The van der Waals surface area contributed by atoms with Gasteiger partial charge in [-0.25, -0.2) is 8.42 Å². The highest BCUT2D eigenvalue weighted by Crippen LogP contribution is 2.33. The molecule has 2 N–H and O–H groups in total. The van der Waals surface area contributed by atoms with Gasteiger partial charge in [-0.1, -0.05) is 24.3 Å². The van der Waals surface area contributed by atoms with E-state index in [1.165, 1.54) is 23.9 Å². The highest BCUT2D eigenvalue weighted by molar-refractivity contribution is 7.98. The quantitative estimate of drug-likeness (QED) is 0.339. The van der Waals surface area contributed by atoms with Gasteiger partial charge in [0.15, 0.2) is 0 Å². The van der Waals surface area contributed by atoms with E-state index < -0.39 is 22.5 Å². The summed E-state index contributed by atoms with van der Waals surface area (Å²) in [5.74, 6) is -0.620. The summed E-state index contributed by atoms with van der Waals surface area (Å²) in [4.78, 5) is 26.8. The molecule has 2 amide bonds. The fraction of sp³-hybridized carbons (Fsp3) is 0.259. The zero-order valence-corrected chi connectivity index (χ0v) is 22.9. The van der Waals surface area contributed by atoms with E-state index in [0.717, 1.165) is 9.20 Å². The number of carbonyl (C=O) groups is 2. The maximum atomic E-state index is 13.8. The minimum Gasteiger partial charge on any atom is -0.492 e. The van der Waals surface area contributed by atoms with Gasteiger partial charge in [0.2, 0.25) is 5.91 Å². The topological polar surface area (TPSA) is 105 Å². The molecule has 0 unspecified atom stereocenters. The molecule has 0 saturated heterocycles. The van der Waals surface area contributed by atoms with E-state index in [0.29, 0.717) is 12.4 Å². The number of nitrogens with zero attached hydrogens (tertiary/aromatic N) is 1. The Labute approximate surface area is 222 Å². The van der Waals surface area contributed by atoms with Crippen LogP contribution in [0.2, 0.25) is 0 Å². The average molecular weight is 542 g/mol. The van der Waals surface area contributed by atoms with Gasteiger partial charge in [-0.3, -0.25) is 13.9 Å². The molecule has 3 aromatic carbocycles. The van der Waals surface area contributed by atoms with Gasteiger partial charge in [0.25, 0.3) is 15.9 Å². The number of ether oxygens (including phenoxy) is 1. The maximum Gasteiger partial charge on any atom is 0.264 e. The number of hydrogen-bond acceptors (Lipinski definition) is 6. The lowest BCUT2D eigenvalue weighted by molar-refractivity contribution is -0.114. The van der Waals surface area contributed by atoms with Crippen molar-refractivity contribution in [3.8, 4) is 5.75 Å². The Morgan fingerprint density at radius 3 is 2.27 bits per heavy atom. The predicted octanol–water partition coefficient (Wildman–Crippen LogP) is 4.78. The van der Waals surface area contributed by atoms with Crippen LogP contribution in [-0.4, -0.2) is 45.7 Å². The number of rotatable bonds is 11. The molecule has 0 aliphatic heterocycles. The van der Waals surface area contributed by atoms with Crippen LogP contribution in [0.15, 0.2) is 82.6 Å². The van der Waals surface area contributed by atoms with Crippen LogP contribution in [0.4, 0.5) is 11.4 Å². The molecule has 3 rings (SSSR count). The first-order chi connectivity index (χ1) is 17.7. The van der Waals surface area contributed by atoms with Crippen LogP contribution in [0.5, 0.6) is 5.75 Å². The van der Waals surface area contributed by atoms with E-state index in [1.54, 1.807) is 67.6 Å². The molecule has 0 heterocycles. The zero-order valence-electron chi connectivity index (χ0n) is 21.2. The maximum absolute atomic E-state index is 13.8. The Hall–Kier alpha value is -3.50. The predicted molar refractivity (Wildman–Crippen MR) is 148 cm³/mol. The molecule has 196 valence electrons. The molecular formula is C27H31N3O5S2. The summed E-state index contributed by atoms with van der Waals surface area (Å²) >= 11 is 1.50. The molecule has 3 aromatic rings. The fourth-order valence-electron chi connectivity index (χ4n) is 3.57. The Morgan fingerprint density at radius 1 is 0.973 bits per heavy atom. The zero-order chi connectivity index (χ0) is 27.0. The van der Waals surface area contributed by atoms with Crippen LogP contribution in [-0.2, 0) is 14.8 Å². The van der Waals surface area contributed by atoms with E-state index in [4.69, 9.17) is 4.74 Å². The van der Waals surface area contributed by atoms with Crippen LogP contribution < -0.4 is 19.7 Å². The third-order valence-electron chi connectivity index (χ3n) is 5.23. The van der Waals surface area contributed by atoms with Crippen LogP contribution in [0.25, 0.3) is 0 Å². The molecule has 0 bridgehead atoms. The SMILES string of the molecule is CCOc1ccccc1N(CC(=O)Nc1ccccc1C(=O)NC(C)C)S(=O)(=O)c1ccc(SC)cc1. The van der Waals surface area contributed by atoms with E-state index in [2.05, 4.69) is 10.6 Å². The molecular weight excluding hydrogens is 510 g/mol. The standard InChI is InChI=1S/C27H31N3O5S2/c1-5-35-25-13-9-8-12-24(25)30(37(33,34)21-16-14-20(36-4)15-17-21)18-26(31)29-23-11-7-6-10-22(23)27(32)28-19(2)3/h6-17,19H,5,18H2,1-4H3,(H,28,32)(H,29,31). The van der Waals surface area contributed by atoms with Crippen molar-refractivity contribution in [1.82, 2.24) is 5.32 Å². The van der Waals surface area contributed by atoms with Crippen molar-refractivity contribution in [3.63, 3.8) is 0 Å². The Kier molecular flexibility index (Phi) is 9.60. The van der Waals surface area contributed by atoms with Gasteiger partial charge in [0.05, 0.1) is 28.4 Å². The Bertz CT molecular complexity index is 1340. The van der Waals surface area contributed by atoms with Gasteiger partial charge in [0, 0.05) is 10.9 Å². The number of amides is 2. The van der Waals surface area contributed by atoms with E-state index in [1.807, 2.05) is 20.1 Å². The Morgan fingerprint density at radius 2 is 1.62 bits per heavy atom. The lowest BCUT2D eigenvalue weighted by atomic mass is 10.1. The summed E-state index contributed by atoms with van der Waals surface area (Å²) in [7, 11) is -4.15. The number of hydrogen-bond donors (Lipinski definition) is 2. The first-order valence-electron chi connectivity index (χ1n) is 11.8. The summed E-state index contributed by atoms with van der Waals surface area (Å²) in [5.41, 5.74) is 0.797. The van der Waals surface area contributed by atoms with Crippen LogP contribution in [0, 0.1) is 0 Å². The molecule has 8 nitrogen and oxygen atoms in total. The smallest absolute Gasteiger partial charge is 0.264 e. The van der Waals surface area contributed by atoms with Crippen molar-refractivity contribution >= 4 is 45.0 Å². The van der Waals surface area contributed by atoms with Crippen molar-refractivity contribution in [1.29, 1.82) is 0 Å². The van der Waals surface area contributed by atoms with Gasteiger partial charge >= 0.3 is 0 Å². The summed E-state index contributed by atoms with van der Waals surface area (Å²) < 4.78 is 34.3. The molecule has 10 heteroatoms. The molecule has 37 heavy (non-hydrogen) atoms. The normalized spacial score (nSPS) is 11.2. The van der Waals surface area contributed by atoms with Crippen LogP contribution in [0.3, 0.4) is 0 Å². The number of thioether (sulfide) groups is 1. The number of anilines is 2. The molecule has 0 aliphatic rings. The minimum absolute atomic E-state index is 0.0427. The second-order valence-corrected chi connectivity index (χ2v) is 11.1. The van der Waals surface area contributed by atoms with Crippen molar-refractivity contribution in [2.45, 2.75) is 36.6 Å². The molecule has 0 spiro atoms. The highest BCUT2D eigenvalue weighted by atomic mass is 32.2. The second-order valence-electron chi connectivity index (χ2n) is 8.31. The number of benzene rings is 3. The molecule has 0 aliphatic carbocycles. The van der Waals surface area contributed by atoms with Gasteiger partial charge < -0.3 is 15.4 Å². The number of sulfonamides is 1. The van der Waals surface area contributed by atoms with Gasteiger partial charge in [-0.05, 0) is 75.6 Å². The van der Waals surface area contributed by atoms with E-state index >= 15 is 0 Å². The molecule has 0 fully saturated rings. The third kappa shape index (κ3) is 7.05. The lowest BCUT2D eigenvalue weighted by Crippen LogP contribution is -2.39. The van der Waals surface area contributed by atoms with Crippen molar-refractivity contribution in [2.24, 2.45) is 0 Å². The minimum atomic E-state index is -4.15. The molecule has 0 radical (unpaired) electrons. The first-order valence-corrected chi connectivity index (χ1v) is 14.4. The second kappa shape index (κ2) is 12.6. The third-order valence-corrected chi connectivity index (χ3v) is 7.75. The number of nitrogens with one attached hydrogen (secondary N) is 2.